The summed E-state index contributed by atoms with van der Waals surface area (Å²) in [5, 5.41) is 4.96. The van der Waals surface area contributed by atoms with Crippen molar-refractivity contribution >= 4 is 52.1 Å². The van der Waals surface area contributed by atoms with Crippen molar-refractivity contribution < 1.29 is 14.4 Å². The molecule has 142 valence electrons. The summed E-state index contributed by atoms with van der Waals surface area (Å²) in [5.74, 6) is -1.61. The number of carbonyl (C=O) groups excluding carboxylic acids is 3. The van der Waals surface area contributed by atoms with E-state index in [-0.39, 0.29) is 13.1 Å². The van der Waals surface area contributed by atoms with E-state index in [4.69, 9.17) is 11.6 Å². The van der Waals surface area contributed by atoms with Gasteiger partial charge in [-0.3, -0.25) is 14.5 Å². The van der Waals surface area contributed by atoms with Gasteiger partial charge >= 0.3 is 17.8 Å². The van der Waals surface area contributed by atoms with E-state index in [1.165, 1.54) is 11.3 Å². The van der Waals surface area contributed by atoms with Gasteiger partial charge in [0.05, 0.1) is 17.3 Å². The summed E-state index contributed by atoms with van der Waals surface area (Å²) in [4.78, 5) is 44.6. The molecule has 1 saturated heterocycles. The Morgan fingerprint density at radius 2 is 1.75 bits per heavy atom. The van der Waals surface area contributed by atoms with Crippen LogP contribution in [0.5, 0.6) is 0 Å². The molecule has 0 saturated carbocycles. The molecule has 0 bridgehead atoms. The molecule has 9 heteroatoms. The van der Waals surface area contributed by atoms with E-state index in [1.54, 1.807) is 22.8 Å². The molecular formula is C19H14ClN3O3S2. The van der Waals surface area contributed by atoms with Gasteiger partial charge in [0.25, 0.3) is 0 Å². The Bertz CT molecular complexity index is 1050. The fraction of sp³-hybridized carbons (Fsp3) is 0.158. The lowest BCUT2D eigenvalue weighted by Crippen LogP contribution is -2.34. The first kappa shape index (κ1) is 18.8. The van der Waals surface area contributed by atoms with Gasteiger partial charge < -0.3 is 0 Å². The highest BCUT2D eigenvalue weighted by atomic mass is 35.5. The van der Waals surface area contributed by atoms with Crippen molar-refractivity contribution in [1.29, 1.82) is 0 Å². The van der Waals surface area contributed by atoms with Crippen LogP contribution in [0.15, 0.2) is 47.2 Å². The van der Waals surface area contributed by atoms with E-state index in [1.807, 2.05) is 35.7 Å². The minimum absolute atomic E-state index is 0.0418. The third-order valence-corrected chi connectivity index (χ3v) is 6.46. The van der Waals surface area contributed by atoms with Crippen molar-refractivity contribution in [2.45, 2.75) is 13.0 Å². The van der Waals surface area contributed by atoms with Gasteiger partial charge in [0.15, 0.2) is 0 Å². The predicted octanol–water partition coefficient (Wildman–Crippen LogP) is 4.06. The number of aromatic nitrogens is 1. The van der Waals surface area contributed by atoms with Crippen molar-refractivity contribution in [2.24, 2.45) is 0 Å². The number of carbonyl (C=O) groups is 3. The van der Waals surface area contributed by atoms with Crippen LogP contribution in [0, 0.1) is 0 Å². The van der Waals surface area contributed by atoms with Crippen LogP contribution in [0.1, 0.15) is 10.6 Å². The van der Waals surface area contributed by atoms with Crippen LogP contribution in [0.25, 0.3) is 10.6 Å². The van der Waals surface area contributed by atoms with Crippen molar-refractivity contribution in [3.63, 3.8) is 0 Å². The van der Waals surface area contributed by atoms with Crippen LogP contribution in [-0.4, -0.2) is 39.2 Å². The zero-order valence-electron chi connectivity index (χ0n) is 14.5. The first-order chi connectivity index (χ1) is 13.5. The van der Waals surface area contributed by atoms with Crippen molar-refractivity contribution in [1.82, 2.24) is 14.8 Å². The van der Waals surface area contributed by atoms with E-state index in [0.29, 0.717) is 22.1 Å². The molecule has 4 rings (SSSR count). The number of imide groups is 2. The molecule has 0 spiro atoms. The number of rotatable bonds is 6. The molecule has 0 N–H and O–H groups in total. The second kappa shape index (κ2) is 7.83. The third-order valence-electron chi connectivity index (χ3n) is 4.27. The summed E-state index contributed by atoms with van der Waals surface area (Å²) < 4.78 is 0. The van der Waals surface area contributed by atoms with Gasteiger partial charge in [-0.1, -0.05) is 35.9 Å². The molecule has 1 aliphatic heterocycles. The van der Waals surface area contributed by atoms with Gasteiger partial charge in [0, 0.05) is 28.8 Å². The summed E-state index contributed by atoms with van der Waals surface area (Å²) in [6.07, 6.45) is 0.531. The molecule has 28 heavy (non-hydrogen) atoms. The summed E-state index contributed by atoms with van der Waals surface area (Å²) in [6, 6.07) is 10.6. The summed E-state index contributed by atoms with van der Waals surface area (Å²) >= 11 is 9.12. The van der Waals surface area contributed by atoms with Crippen molar-refractivity contribution in [3.05, 3.63) is 62.8 Å². The SMILES string of the molecule is O=C1C(=O)N(Cc2csc(-c3ccccc3Cl)n2)C(=O)N1CCc1cccs1. The van der Waals surface area contributed by atoms with Crippen LogP contribution in [-0.2, 0) is 22.6 Å². The average Bonchev–Trinajstić information content (AvgIpc) is 3.41. The largest absolute Gasteiger partial charge is 0.334 e. The number of halogens is 1. The fourth-order valence-electron chi connectivity index (χ4n) is 2.86. The highest BCUT2D eigenvalue weighted by Crippen LogP contribution is 2.30. The molecule has 0 radical (unpaired) electrons. The van der Waals surface area contributed by atoms with Gasteiger partial charge in [0.2, 0.25) is 0 Å². The normalized spacial score (nSPS) is 14.4. The second-order valence-electron chi connectivity index (χ2n) is 6.08. The summed E-state index contributed by atoms with van der Waals surface area (Å²) in [5.41, 5.74) is 1.32. The topological polar surface area (TPSA) is 70.6 Å². The first-order valence-electron chi connectivity index (χ1n) is 8.43. The molecule has 1 aliphatic rings. The van der Waals surface area contributed by atoms with Crippen LogP contribution < -0.4 is 0 Å². The molecule has 0 atom stereocenters. The zero-order valence-corrected chi connectivity index (χ0v) is 16.9. The number of thiophene rings is 1. The van der Waals surface area contributed by atoms with Gasteiger partial charge in [-0.2, -0.15) is 0 Å². The molecule has 6 nitrogen and oxygen atoms in total. The van der Waals surface area contributed by atoms with E-state index < -0.39 is 17.8 Å². The smallest absolute Gasteiger partial charge is 0.263 e. The Morgan fingerprint density at radius 1 is 0.964 bits per heavy atom. The molecule has 0 aliphatic carbocycles. The Hall–Kier alpha value is -2.55. The fourth-order valence-corrected chi connectivity index (χ4v) is 4.69. The minimum atomic E-state index is -0.816. The Kier molecular flexibility index (Phi) is 5.25. The highest BCUT2D eigenvalue weighted by Gasteiger charge is 2.44. The standard InChI is InChI=1S/C19H14ClN3O3S2/c20-15-6-2-1-5-14(15)16-21-12(11-28-16)10-23-18(25)17(24)22(19(23)26)8-7-13-4-3-9-27-13/h1-6,9,11H,7-8,10H2. The van der Waals surface area contributed by atoms with Crippen LogP contribution in [0.3, 0.4) is 0 Å². The van der Waals surface area contributed by atoms with Gasteiger partial charge in [-0.15, -0.1) is 22.7 Å². The number of hydrogen-bond donors (Lipinski definition) is 0. The number of amides is 4. The number of benzene rings is 1. The minimum Gasteiger partial charge on any atom is -0.263 e. The number of nitrogens with zero attached hydrogens (tertiary/aromatic N) is 3. The lowest BCUT2D eigenvalue weighted by Gasteiger charge is -2.14. The molecule has 3 heterocycles. The number of thiazole rings is 1. The van der Waals surface area contributed by atoms with Crippen LogP contribution in [0.4, 0.5) is 4.79 Å². The molecule has 2 aromatic heterocycles. The van der Waals surface area contributed by atoms with Gasteiger partial charge in [-0.25, -0.2) is 14.7 Å². The van der Waals surface area contributed by atoms with E-state index in [2.05, 4.69) is 4.98 Å². The molecule has 1 aromatic carbocycles. The van der Waals surface area contributed by atoms with E-state index in [9.17, 15) is 14.4 Å². The molecular weight excluding hydrogens is 418 g/mol. The maximum Gasteiger partial charge on any atom is 0.334 e. The molecule has 4 amide bonds. The Labute approximate surface area is 174 Å². The lowest BCUT2D eigenvalue weighted by atomic mass is 10.2. The summed E-state index contributed by atoms with van der Waals surface area (Å²) in [6.45, 7) is 0.141. The monoisotopic (exact) mass is 431 g/mol. The number of urea groups is 1. The van der Waals surface area contributed by atoms with E-state index in [0.717, 1.165) is 20.2 Å². The van der Waals surface area contributed by atoms with Gasteiger partial charge in [-0.05, 0) is 17.5 Å². The van der Waals surface area contributed by atoms with E-state index >= 15 is 0 Å². The summed E-state index contributed by atoms with van der Waals surface area (Å²) in [7, 11) is 0. The lowest BCUT2D eigenvalue weighted by molar-refractivity contribution is -0.143. The maximum absolute atomic E-state index is 12.6. The molecule has 0 unspecified atom stereocenters. The molecule has 1 fully saturated rings. The van der Waals surface area contributed by atoms with Gasteiger partial charge in [0.1, 0.15) is 5.01 Å². The Morgan fingerprint density at radius 3 is 2.50 bits per heavy atom. The first-order valence-corrected chi connectivity index (χ1v) is 10.6. The highest BCUT2D eigenvalue weighted by molar-refractivity contribution is 7.13. The predicted molar refractivity (Wildman–Crippen MR) is 108 cm³/mol. The van der Waals surface area contributed by atoms with Crippen molar-refractivity contribution in [3.8, 4) is 10.6 Å². The number of hydrogen-bond acceptors (Lipinski definition) is 6. The molecule has 3 aromatic rings. The zero-order chi connectivity index (χ0) is 19.7. The Balaban J connectivity index is 1.47. The third kappa shape index (κ3) is 3.58. The van der Waals surface area contributed by atoms with Crippen LogP contribution >= 0.6 is 34.3 Å². The van der Waals surface area contributed by atoms with Crippen LogP contribution in [0.2, 0.25) is 5.02 Å². The second-order valence-corrected chi connectivity index (χ2v) is 8.38. The van der Waals surface area contributed by atoms with Crippen molar-refractivity contribution in [2.75, 3.05) is 6.54 Å². The quantitative estimate of drug-likeness (QED) is 0.436. The maximum atomic E-state index is 12.6. The average molecular weight is 432 g/mol.